The summed E-state index contributed by atoms with van der Waals surface area (Å²) in [7, 11) is 0. The Balaban J connectivity index is 1.64. The molecule has 7 nitrogen and oxygen atoms in total. The van der Waals surface area contributed by atoms with Crippen molar-refractivity contribution >= 4 is 58.0 Å². The summed E-state index contributed by atoms with van der Waals surface area (Å²) in [6, 6.07) is 14.7. The molecule has 0 spiro atoms. The average Bonchev–Trinajstić information content (AvgIpc) is 2.97. The fourth-order valence-corrected chi connectivity index (χ4v) is 5.55. The first-order chi connectivity index (χ1) is 21.0. The summed E-state index contributed by atoms with van der Waals surface area (Å²) in [5, 5.41) is 8.43. The first kappa shape index (κ1) is 34.1. The van der Waals surface area contributed by atoms with Gasteiger partial charge in [0, 0.05) is 42.1 Å². The Morgan fingerprint density at radius 2 is 1.56 bits per heavy atom. The molecule has 1 fully saturated rings. The molecule has 3 aromatic rings. The molecule has 1 atom stereocenters. The highest BCUT2D eigenvalue weighted by molar-refractivity contribution is 6.40. The van der Waals surface area contributed by atoms with E-state index in [-0.39, 0.29) is 52.3 Å². The molecule has 12 heteroatoms. The molecular formula is C33H35Cl2F3N4O3. The largest absolute Gasteiger partial charge is 0.393 e. The first-order valence-electron chi connectivity index (χ1n) is 14.4. The van der Waals surface area contributed by atoms with Gasteiger partial charge in [-0.05, 0) is 61.7 Å². The molecule has 1 unspecified atom stereocenters. The van der Waals surface area contributed by atoms with Gasteiger partial charge in [0.1, 0.15) is 0 Å². The number of hydrogen-bond donors (Lipinski definition) is 3. The van der Waals surface area contributed by atoms with Gasteiger partial charge in [0.2, 0.25) is 5.91 Å². The summed E-state index contributed by atoms with van der Waals surface area (Å²) in [5.74, 6) is -2.94. The maximum Gasteiger partial charge on any atom is 0.393 e. The molecule has 0 bridgehead atoms. The van der Waals surface area contributed by atoms with Crippen LogP contribution >= 0.6 is 23.2 Å². The highest BCUT2D eigenvalue weighted by atomic mass is 35.5. The van der Waals surface area contributed by atoms with Gasteiger partial charge in [-0.25, -0.2) is 0 Å². The second-order valence-corrected chi connectivity index (χ2v) is 12.9. The Bertz CT molecular complexity index is 1590. The molecule has 240 valence electrons. The molecule has 3 amide bonds. The van der Waals surface area contributed by atoms with Crippen molar-refractivity contribution in [2.45, 2.75) is 53.3 Å². The predicted octanol–water partition coefficient (Wildman–Crippen LogP) is 8.25. The van der Waals surface area contributed by atoms with E-state index in [0.717, 1.165) is 5.56 Å². The topological polar surface area (TPSA) is 90.5 Å². The van der Waals surface area contributed by atoms with Gasteiger partial charge < -0.3 is 20.9 Å². The number of anilines is 3. The van der Waals surface area contributed by atoms with Gasteiger partial charge in [0.15, 0.2) is 0 Å². The number of benzene rings is 3. The summed E-state index contributed by atoms with van der Waals surface area (Å²) in [5.41, 5.74) is 1.93. The fourth-order valence-electron chi connectivity index (χ4n) is 4.94. The van der Waals surface area contributed by atoms with E-state index in [1.807, 2.05) is 19.1 Å². The van der Waals surface area contributed by atoms with E-state index in [1.54, 1.807) is 43.9 Å². The van der Waals surface area contributed by atoms with Crippen molar-refractivity contribution in [1.82, 2.24) is 5.32 Å². The van der Waals surface area contributed by atoms with Crippen LogP contribution < -0.4 is 20.9 Å². The number of carbonyl (C=O) groups is 3. The van der Waals surface area contributed by atoms with Gasteiger partial charge >= 0.3 is 6.18 Å². The molecule has 4 rings (SSSR count). The van der Waals surface area contributed by atoms with Crippen molar-refractivity contribution in [2.75, 3.05) is 28.6 Å². The van der Waals surface area contributed by atoms with Crippen molar-refractivity contribution in [2.24, 2.45) is 11.3 Å². The van der Waals surface area contributed by atoms with E-state index in [9.17, 15) is 27.6 Å². The molecule has 1 aliphatic rings. The van der Waals surface area contributed by atoms with Crippen LogP contribution in [-0.4, -0.2) is 37.0 Å². The molecule has 3 aromatic carbocycles. The number of nitrogens with one attached hydrogen (secondary N) is 3. The Morgan fingerprint density at radius 1 is 0.911 bits per heavy atom. The Morgan fingerprint density at radius 3 is 2.20 bits per heavy atom. The van der Waals surface area contributed by atoms with Crippen molar-refractivity contribution in [3.8, 4) is 0 Å². The quantitative estimate of drug-likeness (QED) is 0.238. The monoisotopic (exact) mass is 662 g/mol. The van der Waals surface area contributed by atoms with Gasteiger partial charge in [-0.3, -0.25) is 14.4 Å². The van der Waals surface area contributed by atoms with Crippen LogP contribution in [0.15, 0.2) is 54.6 Å². The van der Waals surface area contributed by atoms with Gasteiger partial charge in [0.05, 0.1) is 27.1 Å². The number of alkyl halides is 3. The minimum Gasteiger partial charge on any atom is -0.370 e. The summed E-state index contributed by atoms with van der Waals surface area (Å²) < 4.78 is 40.8. The molecule has 3 N–H and O–H groups in total. The van der Waals surface area contributed by atoms with Gasteiger partial charge in [0.25, 0.3) is 11.8 Å². The van der Waals surface area contributed by atoms with E-state index in [2.05, 4.69) is 16.0 Å². The van der Waals surface area contributed by atoms with E-state index in [4.69, 9.17) is 23.2 Å². The average molecular weight is 664 g/mol. The van der Waals surface area contributed by atoms with Gasteiger partial charge in [-0.1, -0.05) is 67.7 Å². The van der Waals surface area contributed by atoms with Crippen LogP contribution in [0.25, 0.3) is 0 Å². The summed E-state index contributed by atoms with van der Waals surface area (Å²) in [4.78, 5) is 40.9. The van der Waals surface area contributed by atoms with E-state index < -0.39 is 29.3 Å². The van der Waals surface area contributed by atoms with Crippen LogP contribution in [0.2, 0.25) is 10.0 Å². The zero-order valence-electron chi connectivity index (χ0n) is 25.4. The minimum absolute atomic E-state index is 0.0134. The molecule has 0 radical (unpaired) electrons. The second-order valence-electron chi connectivity index (χ2n) is 12.2. The lowest BCUT2D eigenvalue weighted by Crippen LogP contribution is -2.42. The fraction of sp³-hybridized carbons (Fsp3) is 0.364. The number of aryl methyl sites for hydroxylation is 1. The normalized spacial score (nSPS) is 15.4. The number of nitrogens with zero attached hydrogens (tertiary/aromatic N) is 1. The number of hydrogen-bond acceptors (Lipinski definition) is 4. The number of halogens is 5. The lowest BCUT2D eigenvalue weighted by atomic mass is 9.95. The lowest BCUT2D eigenvalue weighted by Gasteiger charge is -2.36. The highest BCUT2D eigenvalue weighted by Crippen LogP contribution is 2.37. The Hall–Kier alpha value is -3.76. The molecule has 0 saturated carbocycles. The SMILES string of the molecule is Cc1ccc(NC(=O)c2cc(NC(=O)c3c(Cl)ccc(CNC(=O)C(C)(C)C)c3Cl)ccc2N2CCCC(C(F)(F)F)C2)cc1. The molecule has 1 heterocycles. The van der Waals surface area contributed by atoms with E-state index >= 15 is 0 Å². The maximum atomic E-state index is 13.6. The van der Waals surface area contributed by atoms with Gasteiger partial charge in [-0.15, -0.1) is 0 Å². The van der Waals surface area contributed by atoms with E-state index in [1.165, 1.54) is 24.3 Å². The lowest BCUT2D eigenvalue weighted by molar-refractivity contribution is -0.176. The number of piperidine rings is 1. The summed E-state index contributed by atoms with van der Waals surface area (Å²) in [6.45, 7) is 7.33. The van der Waals surface area contributed by atoms with Crippen molar-refractivity contribution in [3.63, 3.8) is 0 Å². The molecule has 1 saturated heterocycles. The maximum absolute atomic E-state index is 13.6. The standard InChI is InChI=1S/C33H35Cl2F3N4O3/c1-19-7-10-22(11-8-19)40-29(43)24-16-23(12-14-26(24)42-15-5-6-21(18-42)33(36,37)38)41-30(44)27-25(34)13-9-20(28(27)35)17-39-31(45)32(2,3)4/h7-14,16,21H,5-6,15,17-18H2,1-4H3,(H,39,45)(H,40,43)(H,41,44). The highest BCUT2D eigenvalue weighted by Gasteiger charge is 2.42. The zero-order chi connectivity index (χ0) is 33.1. The zero-order valence-corrected chi connectivity index (χ0v) is 26.9. The molecule has 1 aliphatic heterocycles. The summed E-state index contributed by atoms with van der Waals surface area (Å²) >= 11 is 12.9. The number of rotatable bonds is 7. The molecule has 0 aromatic heterocycles. The smallest absolute Gasteiger partial charge is 0.370 e. The van der Waals surface area contributed by atoms with Crippen LogP contribution in [0.3, 0.4) is 0 Å². The van der Waals surface area contributed by atoms with Crippen molar-refractivity contribution in [1.29, 1.82) is 0 Å². The molecule has 45 heavy (non-hydrogen) atoms. The number of amides is 3. The Labute approximate surface area is 270 Å². The van der Waals surface area contributed by atoms with Gasteiger partial charge in [-0.2, -0.15) is 13.2 Å². The first-order valence-corrected chi connectivity index (χ1v) is 15.2. The molecule has 0 aliphatic carbocycles. The number of carbonyl (C=O) groups excluding carboxylic acids is 3. The minimum atomic E-state index is -4.36. The third-order valence-electron chi connectivity index (χ3n) is 7.55. The van der Waals surface area contributed by atoms with Crippen LogP contribution in [0.4, 0.5) is 30.2 Å². The van der Waals surface area contributed by atoms with E-state index in [0.29, 0.717) is 29.9 Å². The van der Waals surface area contributed by atoms with Crippen LogP contribution in [0.1, 0.15) is 65.5 Å². The van der Waals surface area contributed by atoms with Crippen molar-refractivity contribution < 1.29 is 27.6 Å². The third kappa shape index (κ3) is 8.49. The van der Waals surface area contributed by atoms with Crippen molar-refractivity contribution in [3.05, 3.63) is 86.9 Å². The molecular weight excluding hydrogens is 628 g/mol. The van der Waals surface area contributed by atoms with Crippen LogP contribution in [0.5, 0.6) is 0 Å². The summed E-state index contributed by atoms with van der Waals surface area (Å²) in [6.07, 6.45) is -4.04. The third-order valence-corrected chi connectivity index (χ3v) is 8.30. The predicted molar refractivity (Wildman–Crippen MR) is 172 cm³/mol. The van der Waals surface area contributed by atoms with Crippen LogP contribution in [0, 0.1) is 18.3 Å². The Kier molecular flexibility index (Phi) is 10.4. The van der Waals surface area contributed by atoms with Crippen LogP contribution in [-0.2, 0) is 11.3 Å². The second kappa shape index (κ2) is 13.7.